The summed E-state index contributed by atoms with van der Waals surface area (Å²) in [4.78, 5) is 22.9. The Morgan fingerprint density at radius 1 is 0.962 bits per heavy atom. The van der Waals surface area contributed by atoms with Gasteiger partial charge in [-0.05, 0) is 29.8 Å². The number of nitro groups is 1. The van der Waals surface area contributed by atoms with E-state index in [1.807, 2.05) is 30.3 Å². The van der Waals surface area contributed by atoms with Gasteiger partial charge in [0, 0.05) is 18.2 Å². The van der Waals surface area contributed by atoms with Crippen LogP contribution in [0.1, 0.15) is 15.9 Å². The number of hydrogen-bond donors (Lipinski definition) is 1. The largest absolute Gasteiger partial charge is 0.450 e. The van der Waals surface area contributed by atoms with Crippen molar-refractivity contribution >= 4 is 11.6 Å². The predicted octanol–water partition coefficient (Wildman–Crippen LogP) is 4.32. The van der Waals surface area contributed by atoms with Crippen LogP contribution in [0.4, 0.5) is 5.69 Å². The van der Waals surface area contributed by atoms with Gasteiger partial charge in [0.15, 0.2) is 0 Å². The van der Waals surface area contributed by atoms with E-state index in [4.69, 9.17) is 4.74 Å². The summed E-state index contributed by atoms with van der Waals surface area (Å²) in [6.45, 7) is 0.412. The van der Waals surface area contributed by atoms with E-state index in [1.54, 1.807) is 36.4 Å². The number of rotatable bonds is 6. The van der Waals surface area contributed by atoms with Gasteiger partial charge in [0.05, 0.1) is 4.92 Å². The molecule has 6 nitrogen and oxygen atoms in total. The molecule has 130 valence electrons. The summed E-state index contributed by atoms with van der Waals surface area (Å²) in [5.41, 5.74) is 1.27. The summed E-state index contributed by atoms with van der Waals surface area (Å²) in [5.74, 6) is 0.230. The number of para-hydroxylation sites is 2. The van der Waals surface area contributed by atoms with Gasteiger partial charge in [0.2, 0.25) is 5.75 Å². The molecule has 1 N–H and O–H groups in total. The van der Waals surface area contributed by atoms with E-state index >= 15 is 0 Å². The molecule has 0 bridgehead atoms. The minimum Gasteiger partial charge on any atom is -0.450 e. The number of carbonyl (C=O) groups excluding carboxylic acids is 1. The van der Waals surface area contributed by atoms with E-state index in [0.717, 1.165) is 5.56 Å². The SMILES string of the molecule is O=C(NCc1ccccc1)c1cccc(Oc2ccccc2[N+](=O)[O-])c1. The number of nitrogens with zero attached hydrogens (tertiary/aromatic N) is 1. The Bertz CT molecular complexity index is 926. The molecule has 0 aromatic heterocycles. The Morgan fingerprint density at radius 3 is 2.46 bits per heavy atom. The fourth-order valence-electron chi connectivity index (χ4n) is 2.40. The standard InChI is InChI=1S/C20H16N2O4/c23-20(21-14-15-7-2-1-3-8-15)16-9-6-10-17(13-16)26-19-12-5-4-11-18(19)22(24)25/h1-13H,14H2,(H,21,23). The van der Waals surface area contributed by atoms with Crippen molar-refractivity contribution in [2.75, 3.05) is 0 Å². The van der Waals surface area contributed by atoms with Gasteiger partial charge < -0.3 is 10.1 Å². The lowest BCUT2D eigenvalue weighted by Crippen LogP contribution is -2.22. The molecule has 0 spiro atoms. The zero-order valence-corrected chi connectivity index (χ0v) is 13.8. The number of ether oxygens (including phenoxy) is 1. The van der Waals surface area contributed by atoms with Gasteiger partial charge in [-0.3, -0.25) is 14.9 Å². The fraction of sp³-hybridized carbons (Fsp3) is 0.0500. The number of amides is 1. The summed E-state index contributed by atoms with van der Waals surface area (Å²) in [6, 6.07) is 22.2. The summed E-state index contributed by atoms with van der Waals surface area (Å²) in [5, 5.41) is 13.9. The maximum Gasteiger partial charge on any atom is 0.311 e. The van der Waals surface area contributed by atoms with Gasteiger partial charge in [-0.25, -0.2) is 0 Å². The van der Waals surface area contributed by atoms with Crippen LogP contribution in [-0.2, 0) is 6.54 Å². The molecule has 0 aliphatic heterocycles. The highest BCUT2D eigenvalue weighted by molar-refractivity contribution is 5.94. The third kappa shape index (κ3) is 4.24. The van der Waals surface area contributed by atoms with E-state index < -0.39 is 4.92 Å². The Morgan fingerprint density at radius 2 is 1.69 bits per heavy atom. The third-order valence-electron chi connectivity index (χ3n) is 3.68. The van der Waals surface area contributed by atoms with Gasteiger partial charge >= 0.3 is 5.69 Å². The van der Waals surface area contributed by atoms with Gasteiger partial charge in [-0.15, -0.1) is 0 Å². The normalized spacial score (nSPS) is 10.2. The molecule has 0 aliphatic carbocycles. The first-order chi connectivity index (χ1) is 12.6. The molecular formula is C20H16N2O4. The summed E-state index contributed by atoms with van der Waals surface area (Å²) in [6.07, 6.45) is 0. The monoisotopic (exact) mass is 348 g/mol. The topological polar surface area (TPSA) is 81.5 Å². The maximum absolute atomic E-state index is 12.3. The molecule has 0 radical (unpaired) electrons. The van der Waals surface area contributed by atoms with Gasteiger partial charge in [0.1, 0.15) is 5.75 Å². The van der Waals surface area contributed by atoms with Crippen molar-refractivity contribution in [2.24, 2.45) is 0 Å². The molecule has 0 aliphatic rings. The Labute approximate surface area is 150 Å². The minimum atomic E-state index is -0.508. The number of nitro benzene ring substituents is 1. The van der Waals surface area contributed by atoms with E-state index in [2.05, 4.69) is 5.32 Å². The first-order valence-electron chi connectivity index (χ1n) is 7.97. The molecule has 0 heterocycles. The first-order valence-corrected chi connectivity index (χ1v) is 7.97. The lowest BCUT2D eigenvalue weighted by molar-refractivity contribution is -0.385. The minimum absolute atomic E-state index is 0.124. The molecule has 0 fully saturated rings. The van der Waals surface area contributed by atoms with Crippen LogP contribution in [0, 0.1) is 10.1 Å². The highest BCUT2D eigenvalue weighted by Gasteiger charge is 2.15. The lowest BCUT2D eigenvalue weighted by atomic mass is 10.2. The third-order valence-corrected chi connectivity index (χ3v) is 3.68. The van der Waals surface area contributed by atoms with E-state index in [0.29, 0.717) is 17.9 Å². The number of benzene rings is 3. The van der Waals surface area contributed by atoms with Crippen LogP contribution in [-0.4, -0.2) is 10.8 Å². The molecular weight excluding hydrogens is 332 g/mol. The second-order valence-electron chi connectivity index (χ2n) is 5.52. The second-order valence-corrected chi connectivity index (χ2v) is 5.52. The predicted molar refractivity (Wildman–Crippen MR) is 97.2 cm³/mol. The van der Waals surface area contributed by atoms with Crippen LogP contribution in [0.5, 0.6) is 11.5 Å². The smallest absolute Gasteiger partial charge is 0.311 e. The first kappa shape index (κ1) is 17.2. The van der Waals surface area contributed by atoms with Crippen molar-refractivity contribution in [3.63, 3.8) is 0 Å². The van der Waals surface area contributed by atoms with Crippen molar-refractivity contribution in [1.29, 1.82) is 0 Å². The molecule has 3 aromatic rings. The van der Waals surface area contributed by atoms with Crippen LogP contribution < -0.4 is 10.1 Å². The molecule has 1 amide bonds. The highest BCUT2D eigenvalue weighted by Crippen LogP contribution is 2.31. The highest BCUT2D eigenvalue weighted by atomic mass is 16.6. The zero-order chi connectivity index (χ0) is 18.4. The van der Waals surface area contributed by atoms with Crippen LogP contribution in [0.15, 0.2) is 78.9 Å². The van der Waals surface area contributed by atoms with E-state index in [-0.39, 0.29) is 17.3 Å². The summed E-state index contributed by atoms with van der Waals surface area (Å²) in [7, 11) is 0. The Balaban J connectivity index is 1.72. The van der Waals surface area contributed by atoms with Crippen molar-refractivity contribution in [3.8, 4) is 11.5 Å². The zero-order valence-electron chi connectivity index (χ0n) is 13.8. The van der Waals surface area contributed by atoms with Crippen LogP contribution >= 0.6 is 0 Å². The molecule has 3 aromatic carbocycles. The van der Waals surface area contributed by atoms with Crippen LogP contribution in [0.25, 0.3) is 0 Å². The van der Waals surface area contributed by atoms with Crippen LogP contribution in [0.2, 0.25) is 0 Å². The average Bonchev–Trinajstić information content (AvgIpc) is 2.67. The average molecular weight is 348 g/mol. The molecule has 6 heteroatoms. The molecule has 0 saturated heterocycles. The fourth-order valence-corrected chi connectivity index (χ4v) is 2.40. The van der Waals surface area contributed by atoms with Gasteiger partial charge in [-0.1, -0.05) is 48.5 Å². The Hall–Kier alpha value is -3.67. The number of carbonyl (C=O) groups is 1. The Kier molecular flexibility index (Phi) is 5.24. The van der Waals surface area contributed by atoms with Crippen LogP contribution in [0.3, 0.4) is 0 Å². The van der Waals surface area contributed by atoms with Gasteiger partial charge in [-0.2, -0.15) is 0 Å². The second kappa shape index (κ2) is 7.94. The van der Waals surface area contributed by atoms with Crippen molar-refractivity contribution < 1.29 is 14.5 Å². The lowest BCUT2D eigenvalue weighted by Gasteiger charge is -2.09. The molecule has 3 rings (SSSR count). The van der Waals surface area contributed by atoms with Crippen molar-refractivity contribution in [2.45, 2.75) is 6.54 Å². The summed E-state index contributed by atoms with van der Waals surface area (Å²) >= 11 is 0. The molecule has 0 saturated carbocycles. The maximum atomic E-state index is 12.3. The number of hydrogen-bond acceptors (Lipinski definition) is 4. The quantitative estimate of drug-likeness (QED) is 0.531. The van der Waals surface area contributed by atoms with Crippen molar-refractivity contribution in [3.05, 3.63) is 100 Å². The van der Waals surface area contributed by atoms with Crippen molar-refractivity contribution in [1.82, 2.24) is 5.32 Å². The van der Waals surface area contributed by atoms with E-state index in [9.17, 15) is 14.9 Å². The molecule has 0 unspecified atom stereocenters. The number of nitrogens with one attached hydrogen (secondary N) is 1. The molecule has 0 atom stereocenters. The van der Waals surface area contributed by atoms with E-state index in [1.165, 1.54) is 12.1 Å². The summed E-state index contributed by atoms with van der Waals surface area (Å²) < 4.78 is 5.60. The molecule has 26 heavy (non-hydrogen) atoms. The van der Waals surface area contributed by atoms with Gasteiger partial charge in [0.25, 0.3) is 5.91 Å².